The van der Waals surface area contributed by atoms with Gasteiger partial charge in [0.25, 0.3) is 0 Å². The molecule has 5 heteroatoms. The van der Waals surface area contributed by atoms with Crippen LogP contribution in [0.4, 0.5) is 5.69 Å². The lowest BCUT2D eigenvalue weighted by Crippen LogP contribution is -2.47. The number of hydrogen-bond acceptors (Lipinski definition) is 3. The summed E-state index contributed by atoms with van der Waals surface area (Å²) in [6.07, 6.45) is 7.09. The summed E-state index contributed by atoms with van der Waals surface area (Å²) >= 11 is 0. The van der Waals surface area contributed by atoms with Crippen LogP contribution in [0.1, 0.15) is 51.0 Å². The Morgan fingerprint density at radius 1 is 1.14 bits per heavy atom. The van der Waals surface area contributed by atoms with Crippen molar-refractivity contribution in [2.75, 3.05) is 11.9 Å². The summed E-state index contributed by atoms with van der Waals surface area (Å²) in [5, 5.41) is 3.30. The first-order valence-corrected chi connectivity index (χ1v) is 9.38. The Balaban J connectivity index is 1.91. The zero-order chi connectivity index (χ0) is 14.9. The maximum Gasteiger partial charge on any atom is 0.241 e. The second-order valence-corrected chi connectivity index (χ2v) is 8.19. The van der Waals surface area contributed by atoms with E-state index in [0.29, 0.717) is 4.90 Å². The highest BCUT2D eigenvalue weighted by Crippen LogP contribution is 2.32. The quantitative estimate of drug-likeness (QED) is 0.902. The molecule has 0 aromatic heterocycles. The van der Waals surface area contributed by atoms with Crippen LogP contribution in [0.15, 0.2) is 23.1 Å². The fraction of sp³-hybridized carbons (Fsp3) is 0.625. The highest BCUT2D eigenvalue weighted by Gasteiger charge is 2.33. The SMILES string of the molecule is CC1(NS(=O)(=O)c2cccc3c2CCCN3)CCCCC1. The molecule has 0 radical (unpaired) electrons. The molecule has 0 bridgehead atoms. The average molecular weight is 308 g/mol. The number of benzene rings is 1. The fourth-order valence-corrected chi connectivity index (χ4v) is 5.30. The number of anilines is 1. The van der Waals surface area contributed by atoms with Crippen molar-refractivity contribution in [3.05, 3.63) is 23.8 Å². The summed E-state index contributed by atoms with van der Waals surface area (Å²) < 4.78 is 28.7. The third-order valence-electron chi connectivity index (χ3n) is 4.68. The molecule has 3 rings (SSSR count). The minimum Gasteiger partial charge on any atom is -0.385 e. The van der Waals surface area contributed by atoms with Crippen molar-refractivity contribution in [3.63, 3.8) is 0 Å². The fourth-order valence-electron chi connectivity index (χ4n) is 3.54. The molecule has 1 heterocycles. The van der Waals surface area contributed by atoms with E-state index in [2.05, 4.69) is 10.0 Å². The zero-order valence-corrected chi connectivity index (χ0v) is 13.4. The highest BCUT2D eigenvalue weighted by atomic mass is 32.2. The maximum absolute atomic E-state index is 12.8. The Morgan fingerprint density at radius 3 is 2.67 bits per heavy atom. The van der Waals surface area contributed by atoms with Gasteiger partial charge in [0, 0.05) is 17.8 Å². The largest absolute Gasteiger partial charge is 0.385 e. The highest BCUT2D eigenvalue weighted by molar-refractivity contribution is 7.89. The Kier molecular flexibility index (Phi) is 3.97. The summed E-state index contributed by atoms with van der Waals surface area (Å²) in [6.45, 7) is 2.96. The van der Waals surface area contributed by atoms with Gasteiger partial charge in [-0.1, -0.05) is 25.3 Å². The van der Waals surface area contributed by atoms with E-state index in [1.165, 1.54) is 6.42 Å². The average Bonchev–Trinajstić information content (AvgIpc) is 2.46. The van der Waals surface area contributed by atoms with E-state index in [1.807, 2.05) is 19.1 Å². The summed E-state index contributed by atoms with van der Waals surface area (Å²) in [7, 11) is -3.45. The van der Waals surface area contributed by atoms with E-state index in [4.69, 9.17) is 0 Å². The van der Waals surface area contributed by atoms with Gasteiger partial charge in [0.15, 0.2) is 0 Å². The third-order valence-corrected chi connectivity index (χ3v) is 6.40. The van der Waals surface area contributed by atoms with E-state index in [9.17, 15) is 8.42 Å². The lowest BCUT2D eigenvalue weighted by Gasteiger charge is -2.34. The normalized spacial score (nSPS) is 21.4. The molecule has 1 aromatic carbocycles. The third kappa shape index (κ3) is 3.09. The smallest absolute Gasteiger partial charge is 0.241 e. The van der Waals surface area contributed by atoms with Crippen LogP contribution >= 0.6 is 0 Å². The number of sulfonamides is 1. The molecule has 0 amide bonds. The molecule has 0 saturated heterocycles. The second-order valence-electron chi connectivity index (χ2n) is 6.54. The standard InChI is InChI=1S/C16H24N2O2S/c1-16(10-3-2-4-11-16)18-21(19,20)15-9-5-8-14-13(15)7-6-12-17-14/h5,8-9,17-18H,2-4,6-7,10-12H2,1H3. The van der Waals surface area contributed by atoms with Crippen LogP contribution in [0, 0.1) is 0 Å². The minimum atomic E-state index is -3.45. The van der Waals surface area contributed by atoms with Crippen molar-refractivity contribution in [1.82, 2.24) is 4.72 Å². The second kappa shape index (κ2) is 5.61. The molecule has 2 N–H and O–H groups in total. The van der Waals surface area contributed by atoms with Gasteiger partial charge in [0.05, 0.1) is 4.90 Å². The van der Waals surface area contributed by atoms with Crippen LogP contribution in [0.2, 0.25) is 0 Å². The summed E-state index contributed by atoms with van der Waals surface area (Å²) in [4.78, 5) is 0.457. The van der Waals surface area contributed by atoms with Gasteiger partial charge in [-0.25, -0.2) is 13.1 Å². The van der Waals surface area contributed by atoms with Crippen LogP contribution in [0.25, 0.3) is 0 Å². The van der Waals surface area contributed by atoms with E-state index >= 15 is 0 Å². The van der Waals surface area contributed by atoms with E-state index in [1.54, 1.807) is 6.07 Å². The van der Waals surface area contributed by atoms with Crippen LogP contribution in [0.3, 0.4) is 0 Å². The molecule has 116 valence electrons. The number of rotatable bonds is 3. The number of hydrogen-bond donors (Lipinski definition) is 2. The van der Waals surface area contributed by atoms with Crippen molar-refractivity contribution in [2.24, 2.45) is 0 Å². The zero-order valence-electron chi connectivity index (χ0n) is 12.6. The molecule has 0 unspecified atom stereocenters. The molecule has 1 fully saturated rings. The molecule has 1 saturated carbocycles. The number of fused-ring (bicyclic) bond motifs is 1. The molecular formula is C16H24N2O2S. The molecule has 2 aliphatic rings. The first-order chi connectivity index (χ1) is 10.0. The Labute approximate surface area is 127 Å². The van der Waals surface area contributed by atoms with Gasteiger partial charge in [-0.15, -0.1) is 0 Å². The maximum atomic E-state index is 12.8. The van der Waals surface area contributed by atoms with Crippen molar-refractivity contribution in [2.45, 2.75) is 62.3 Å². The summed E-state index contributed by atoms with van der Waals surface area (Å²) in [6, 6.07) is 5.53. The van der Waals surface area contributed by atoms with Gasteiger partial charge in [-0.05, 0) is 50.3 Å². The summed E-state index contributed by atoms with van der Waals surface area (Å²) in [5.74, 6) is 0. The lowest BCUT2D eigenvalue weighted by atomic mass is 9.84. The topological polar surface area (TPSA) is 58.2 Å². The first kappa shape index (κ1) is 14.9. The van der Waals surface area contributed by atoms with Gasteiger partial charge in [-0.3, -0.25) is 0 Å². The monoisotopic (exact) mass is 308 g/mol. The first-order valence-electron chi connectivity index (χ1n) is 7.90. The van der Waals surface area contributed by atoms with Crippen molar-refractivity contribution < 1.29 is 8.42 Å². The Bertz CT molecular complexity index is 619. The van der Waals surface area contributed by atoms with Crippen LogP contribution < -0.4 is 10.0 Å². The van der Waals surface area contributed by atoms with Crippen LogP contribution in [-0.4, -0.2) is 20.5 Å². The van der Waals surface area contributed by atoms with E-state index < -0.39 is 10.0 Å². The van der Waals surface area contributed by atoms with E-state index in [0.717, 1.165) is 56.3 Å². The van der Waals surface area contributed by atoms with Gasteiger partial charge >= 0.3 is 0 Å². The van der Waals surface area contributed by atoms with Gasteiger partial charge in [-0.2, -0.15) is 0 Å². The molecular weight excluding hydrogens is 284 g/mol. The molecule has 1 aromatic rings. The van der Waals surface area contributed by atoms with Crippen LogP contribution in [0.5, 0.6) is 0 Å². The molecule has 0 spiro atoms. The molecule has 0 atom stereocenters. The summed E-state index contributed by atoms with van der Waals surface area (Å²) in [5.41, 5.74) is 1.62. The van der Waals surface area contributed by atoms with E-state index in [-0.39, 0.29) is 5.54 Å². The minimum absolute atomic E-state index is 0.290. The molecule has 1 aliphatic heterocycles. The lowest BCUT2D eigenvalue weighted by molar-refractivity contribution is 0.294. The van der Waals surface area contributed by atoms with Gasteiger partial charge in [0.2, 0.25) is 10.0 Å². The van der Waals surface area contributed by atoms with Crippen molar-refractivity contribution in [1.29, 1.82) is 0 Å². The van der Waals surface area contributed by atoms with Gasteiger partial charge in [0.1, 0.15) is 0 Å². The Morgan fingerprint density at radius 2 is 1.90 bits per heavy atom. The van der Waals surface area contributed by atoms with Gasteiger partial charge < -0.3 is 5.32 Å². The predicted molar refractivity (Wildman–Crippen MR) is 85.1 cm³/mol. The predicted octanol–water partition coefficient (Wildman–Crippen LogP) is 3.05. The molecule has 4 nitrogen and oxygen atoms in total. The van der Waals surface area contributed by atoms with Crippen molar-refractivity contribution in [3.8, 4) is 0 Å². The molecule has 1 aliphatic carbocycles. The van der Waals surface area contributed by atoms with Crippen molar-refractivity contribution >= 4 is 15.7 Å². The van der Waals surface area contributed by atoms with Crippen LogP contribution in [-0.2, 0) is 16.4 Å². The Hall–Kier alpha value is -1.07. The molecule has 21 heavy (non-hydrogen) atoms. The number of nitrogens with one attached hydrogen (secondary N) is 2.